The van der Waals surface area contributed by atoms with Crippen LogP contribution in [-0.4, -0.2) is 14.8 Å². The molecule has 8 rings (SSSR count). The topological polar surface area (TPSA) is 6.48 Å². The molecule has 0 radical (unpaired) electrons. The maximum atomic E-state index is 2.61. The average Bonchev–Trinajstić information content (AvgIpc) is 3.02. The molecule has 0 N–H and O–H groups in total. The predicted octanol–water partition coefficient (Wildman–Crippen LogP) is 8.80. The van der Waals surface area contributed by atoms with Gasteiger partial charge in [-0.2, -0.15) is 0 Å². The zero-order chi connectivity index (χ0) is 34.1. The van der Waals surface area contributed by atoms with Gasteiger partial charge in [0.2, 0.25) is 0 Å². The van der Waals surface area contributed by atoms with Crippen LogP contribution in [0.25, 0.3) is 0 Å². The Kier molecular flexibility index (Phi) is 6.52. The molecule has 5 aromatic carbocycles. The van der Waals surface area contributed by atoms with E-state index in [2.05, 4.69) is 182 Å². The zero-order valence-electron chi connectivity index (χ0n) is 30.7. The summed E-state index contributed by atoms with van der Waals surface area (Å²) in [5.74, 6) is 0. The van der Waals surface area contributed by atoms with Crippen molar-refractivity contribution in [3.8, 4) is 0 Å². The van der Waals surface area contributed by atoms with Crippen LogP contribution in [0.3, 0.4) is 0 Å². The Morgan fingerprint density at radius 3 is 1.27 bits per heavy atom. The second-order valence-corrected chi connectivity index (χ2v) is 22.3. The van der Waals surface area contributed by atoms with Gasteiger partial charge in [0.15, 0.2) is 0 Å². The van der Waals surface area contributed by atoms with Crippen molar-refractivity contribution in [2.75, 3.05) is 9.80 Å². The van der Waals surface area contributed by atoms with Gasteiger partial charge in [0.05, 0.1) is 0 Å². The summed E-state index contributed by atoms with van der Waals surface area (Å²) in [7, 11) is -2.04. The third kappa shape index (κ3) is 4.44. The van der Waals surface area contributed by atoms with E-state index >= 15 is 0 Å². The van der Waals surface area contributed by atoms with Gasteiger partial charge in [-0.15, -0.1) is 0 Å². The first kappa shape index (κ1) is 31.3. The summed E-state index contributed by atoms with van der Waals surface area (Å²) in [6.45, 7) is 26.3. The summed E-state index contributed by atoms with van der Waals surface area (Å²) in [6, 6.07) is 38.0. The minimum absolute atomic E-state index is 0.0271. The molecule has 4 heteroatoms. The minimum atomic E-state index is -2.04. The van der Waals surface area contributed by atoms with Crippen molar-refractivity contribution in [2.24, 2.45) is 0 Å². The SMILES string of the molecule is CC(C)(C)c1ccc(N2c3cccc4c3B3c5c2cccc5[Si](C)(C)c2cccc(c23)N4c2cc(C(C)(C)C)cc(C(C)(C)C)c2)cc1. The van der Waals surface area contributed by atoms with Crippen LogP contribution in [-0.2, 0) is 16.2 Å². The van der Waals surface area contributed by atoms with Gasteiger partial charge in [-0.1, -0.05) is 134 Å². The molecule has 0 saturated heterocycles. The Labute approximate surface area is 289 Å². The highest BCUT2D eigenvalue weighted by Crippen LogP contribution is 2.46. The monoisotopic (exact) mass is 644 g/mol. The third-order valence-corrected chi connectivity index (χ3v) is 14.9. The Morgan fingerprint density at radius 1 is 0.438 bits per heavy atom. The van der Waals surface area contributed by atoms with E-state index in [1.165, 1.54) is 67.2 Å². The largest absolute Gasteiger partial charge is 0.311 e. The molecule has 0 unspecified atom stereocenters. The molecule has 0 bridgehead atoms. The van der Waals surface area contributed by atoms with E-state index in [1.54, 1.807) is 10.4 Å². The average molecular weight is 645 g/mol. The molecule has 3 heterocycles. The van der Waals surface area contributed by atoms with Crippen molar-refractivity contribution >= 4 is 75.7 Å². The van der Waals surface area contributed by atoms with Gasteiger partial charge in [-0.25, -0.2) is 0 Å². The van der Waals surface area contributed by atoms with E-state index in [0.29, 0.717) is 0 Å². The molecule has 0 saturated carbocycles. The van der Waals surface area contributed by atoms with Crippen LogP contribution in [0.4, 0.5) is 34.1 Å². The normalized spacial score (nSPS) is 15.9. The highest BCUT2D eigenvalue weighted by Gasteiger charge is 2.51. The van der Waals surface area contributed by atoms with Gasteiger partial charge in [0, 0.05) is 34.1 Å². The van der Waals surface area contributed by atoms with Crippen LogP contribution in [0.1, 0.15) is 79.0 Å². The molecule has 242 valence electrons. The quantitative estimate of drug-likeness (QED) is 0.174. The number of hydrogen-bond acceptors (Lipinski definition) is 2. The molecule has 5 aromatic rings. The highest BCUT2D eigenvalue weighted by molar-refractivity contribution is 7.16. The van der Waals surface area contributed by atoms with Gasteiger partial charge in [0.25, 0.3) is 6.71 Å². The smallest absolute Gasteiger partial charge is 0.251 e. The van der Waals surface area contributed by atoms with E-state index in [9.17, 15) is 0 Å². The second kappa shape index (κ2) is 10.0. The molecule has 48 heavy (non-hydrogen) atoms. The van der Waals surface area contributed by atoms with Crippen molar-refractivity contribution in [1.82, 2.24) is 0 Å². The van der Waals surface area contributed by atoms with Crippen LogP contribution in [0.15, 0.2) is 97.1 Å². The molecule has 0 fully saturated rings. The molecular weight excluding hydrogens is 595 g/mol. The van der Waals surface area contributed by atoms with Crippen molar-refractivity contribution in [3.63, 3.8) is 0 Å². The van der Waals surface area contributed by atoms with E-state index in [4.69, 9.17) is 0 Å². The molecule has 0 aromatic heterocycles. The lowest BCUT2D eigenvalue weighted by atomic mass is 9.33. The Balaban J connectivity index is 1.46. The van der Waals surface area contributed by atoms with Crippen LogP contribution >= 0.6 is 0 Å². The van der Waals surface area contributed by atoms with E-state index < -0.39 is 8.07 Å². The van der Waals surface area contributed by atoms with Crippen molar-refractivity contribution in [1.29, 1.82) is 0 Å². The van der Waals surface area contributed by atoms with Crippen LogP contribution < -0.4 is 36.6 Å². The van der Waals surface area contributed by atoms with Crippen molar-refractivity contribution in [3.05, 3.63) is 114 Å². The molecule has 0 spiro atoms. The fraction of sp³-hybridized carbons (Fsp3) is 0.318. The molecule has 3 aliphatic rings. The van der Waals surface area contributed by atoms with E-state index in [-0.39, 0.29) is 23.0 Å². The summed E-state index contributed by atoms with van der Waals surface area (Å²) in [5.41, 5.74) is 16.5. The van der Waals surface area contributed by atoms with Crippen LogP contribution in [0.2, 0.25) is 13.1 Å². The standard InChI is InChI=1S/C44H49BN2Si/c1-42(2,3)28-21-23-31(24-22-28)46-33-15-12-16-34-39(33)45-40-35(46)17-13-19-37(40)48(10,11)38-20-14-18-36(41(38)45)47(34)32-26-29(43(4,5)6)25-30(27-32)44(7,8)9/h12-27H,1-11H3. The highest BCUT2D eigenvalue weighted by atomic mass is 28.3. The lowest BCUT2D eigenvalue weighted by Gasteiger charge is -2.50. The number of benzene rings is 5. The molecule has 2 nitrogen and oxygen atoms in total. The first-order chi connectivity index (χ1) is 22.5. The van der Waals surface area contributed by atoms with Gasteiger partial charge in [0.1, 0.15) is 8.07 Å². The molecular formula is C44H49BN2Si. The summed E-state index contributed by atoms with van der Waals surface area (Å²) < 4.78 is 0. The van der Waals surface area contributed by atoms with Gasteiger partial charge in [-0.3, -0.25) is 0 Å². The van der Waals surface area contributed by atoms with Crippen LogP contribution in [0, 0.1) is 0 Å². The third-order valence-electron chi connectivity index (χ3n) is 11.3. The lowest BCUT2D eigenvalue weighted by molar-refractivity contribution is 0.569. The summed E-state index contributed by atoms with van der Waals surface area (Å²) in [6.07, 6.45) is 0. The summed E-state index contributed by atoms with van der Waals surface area (Å²) >= 11 is 0. The molecule has 0 amide bonds. The Bertz CT molecular complexity index is 2090. The Morgan fingerprint density at radius 2 is 0.833 bits per heavy atom. The Hall–Kier alpha value is -4.02. The van der Waals surface area contributed by atoms with E-state index in [0.717, 1.165) is 0 Å². The van der Waals surface area contributed by atoms with Gasteiger partial charge < -0.3 is 9.80 Å². The predicted molar refractivity (Wildman–Crippen MR) is 213 cm³/mol. The fourth-order valence-electron chi connectivity index (χ4n) is 8.53. The van der Waals surface area contributed by atoms with Gasteiger partial charge >= 0.3 is 0 Å². The van der Waals surface area contributed by atoms with E-state index in [1.807, 2.05) is 0 Å². The molecule has 3 aliphatic heterocycles. The maximum absolute atomic E-state index is 2.61. The first-order valence-electron chi connectivity index (χ1n) is 17.7. The summed E-state index contributed by atoms with van der Waals surface area (Å²) in [4.78, 5) is 5.18. The molecule has 0 atom stereocenters. The first-order valence-corrected chi connectivity index (χ1v) is 20.7. The zero-order valence-corrected chi connectivity index (χ0v) is 31.7. The fourth-order valence-corrected chi connectivity index (χ4v) is 11.7. The molecule has 0 aliphatic carbocycles. The van der Waals surface area contributed by atoms with Crippen molar-refractivity contribution < 1.29 is 0 Å². The van der Waals surface area contributed by atoms with Crippen molar-refractivity contribution in [2.45, 2.75) is 91.7 Å². The second-order valence-electron chi connectivity index (χ2n) is 18.0. The number of hydrogen-bond donors (Lipinski definition) is 0. The summed E-state index contributed by atoms with van der Waals surface area (Å²) in [5, 5.41) is 3.15. The maximum Gasteiger partial charge on any atom is 0.251 e. The van der Waals surface area contributed by atoms with Gasteiger partial charge in [-0.05, 0) is 97.9 Å². The number of rotatable bonds is 2. The minimum Gasteiger partial charge on any atom is -0.311 e. The number of anilines is 6. The number of nitrogens with zero attached hydrogens (tertiary/aromatic N) is 2. The van der Waals surface area contributed by atoms with Crippen LogP contribution in [0.5, 0.6) is 0 Å². The lowest BCUT2D eigenvalue weighted by Crippen LogP contribution is -2.79.